The minimum atomic E-state index is -1.37. The minimum Gasteiger partial charge on any atom is -0.394 e. The summed E-state index contributed by atoms with van der Waals surface area (Å²) in [4.78, 5) is 0. The maximum Gasteiger partial charge on any atom is 0.186 e. The van der Waals surface area contributed by atoms with Crippen molar-refractivity contribution in [3.05, 3.63) is 0 Å². The quantitative estimate of drug-likeness (QED) is 0.438. The molecule has 1 aliphatic rings. The third-order valence-electron chi connectivity index (χ3n) is 2.56. The van der Waals surface area contributed by atoms with Gasteiger partial charge in [-0.3, -0.25) is 0 Å². The Balaban J connectivity index is 2.42. The molecule has 0 aromatic rings. The van der Waals surface area contributed by atoms with Gasteiger partial charge in [0, 0.05) is 5.75 Å². The number of aliphatic hydroxyl groups excluding tert-OH is 4. The average molecular weight is 268 g/mol. The number of ether oxygens (including phenoxy) is 2. The van der Waals surface area contributed by atoms with E-state index in [0.29, 0.717) is 6.61 Å². The van der Waals surface area contributed by atoms with E-state index in [1.54, 1.807) is 11.8 Å². The first kappa shape index (κ1) is 15.2. The number of thioether (sulfide) groups is 1. The minimum absolute atomic E-state index is 0.376. The fourth-order valence-corrected chi connectivity index (χ4v) is 2.08. The highest BCUT2D eigenvalue weighted by Gasteiger charge is 2.43. The topological polar surface area (TPSA) is 99.4 Å². The summed E-state index contributed by atoms with van der Waals surface area (Å²) in [6.45, 7) is 1.97. The van der Waals surface area contributed by atoms with Crippen LogP contribution in [-0.4, -0.2) is 75.9 Å². The fraction of sp³-hybridized carbons (Fsp3) is 1.00. The average Bonchev–Trinajstić information content (AvgIpc) is 2.34. The van der Waals surface area contributed by atoms with Gasteiger partial charge in [-0.05, 0) is 5.75 Å². The second-order valence-electron chi connectivity index (χ2n) is 3.76. The number of hydrogen-bond acceptors (Lipinski definition) is 7. The molecule has 1 saturated heterocycles. The van der Waals surface area contributed by atoms with Crippen molar-refractivity contribution in [2.75, 3.05) is 24.7 Å². The summed E-state index contributed by atoms with van der Waals surface area (Å²) in [7, 11) is 0. The van der Waals surface area contributed by atoms with Crippen LogP contribution in [0.15, 0.2) is 0 Å². The summed E-state index contributed by atoms with van der Waals surface area (Å²) in [5.74, 6) is 1.73. The summed E-state index contributed by atoms with van der Waals surface area (Å²) < 4.78 is 10.4. The lowest BCUT2D eigenvalue weighted by atomic mass is 9.99. The molecule has 6 nitrogen and oxygen atoms in total. The van der Waals surface area contributed by atoms with Crippen LogP contribution in [0.1, 0.15) is 6.92 Å². The van der Waals surface area contributed by atoms with Gasteiger partial charge in [-0.25, -0.2) is 0 Å². The molecule has 1 aliphatic heterocycles. The van der Waals surface area contributed by atoms with Crippen LogP contribution in [0.2, 0.25) is 0 Å². The molecule has 0 spiro atoms. The van der Waals surface area contributed by atoms with Gasteiger partial charge < -0.3 is 29.9 Å². The Morgan fingerprint density at radius 2 is 1.88 bits per heavy atom. The molecule has 1 rings (SSSR count). The second-order valence-corrected chi connectivity index (χ2v) is 5.16. The third-order valence-corrected chi connectivity index (χ3v) is 3.43. The van der Waals surface area contributed by atoms with Crippen LogP contribution >= 0.6 is 11.8 Å². The number of rotatable bonds is 6. The molecule has 0 amide bonds. The maximum absolute atomic E-state index is 9.63. The molecule has 1 heterocycles. The van der Waals surface area contributed by atoms with E-state index in [0.717, 1.165) is 11.5 Å². The lowest BCUT2D eigenvalue weighted by Gasteiger charge is -2.39. The first-order valence-corrected chi connectivity index (χ1v) is 6.77. The van der Waals surface area contributed by atoms with E-state index in [1.807, 2.05) is 6.92 Å². The molecule has 102 valence electrons. The lowest BCUT2D eigenvalue weighted by molar-refractivity contribution is -0.299. The number of aliphatic hydroxyl groups is 4. The summed E-state index contributed by atoms with van der Waals surface area (Å²) in [6, 6.07) is 0. The van der Waals surface area contributed by atoms with Crippen LogP contribution in [-0.2, 0) is 9.47 Å². The Morgan fingerprint density at radius 1 is 1.18 bits per heavy atom. The van der Waals surface area contributed by atoms with E-state index in [1.165, 1.54) is 0 Å². The summed E-state index contributed by atoms with van der Waals surface area (Å²) in [5, 5.41) is 37.6. The van der Waals surface area contributed by atoms with Gasteiger partial charge in [0.25, 0.3) is 0 Å². The highest BCUT2D eigenvalue weighted by atomic mass is 32.2. The van der Waals surface area contributed by atoms with Crippen LogP contribution in [0.4, 0.5) is 0 Å². The molecule has 0 bridgehead atoms. The summed E-state index contributed by atoms with van der Waals surface area (Å²) in [5.41, 5.74) is 0. The van der Waals surface area contributed by atoms with Crippen molar-refractivity contribution in [3.63, 3.8) is 0 Å². The van der Waals surface area contributed by atoms with Gasteiger partial charge in [0.1, 0.15) is 24.4 Å². The first-order chi connectivity index (χ1) is 8.11. The Bertz CT molecular complexity index is 215. The van der Waals surface area contributed by atoms with E-state index in [-0.39, 0.29) is 0 Å². The standard InChI is InChI=1S/C10H20O6S/c1-2-17-4-3-15-10-9(14)8(13)7(12)6(5-11)16-10/h6-14H,2-5H2,1H3. The lowest BCUT2D eigenvalue weighted by Crippen LogP contribution is -2.59. The van der Waals surface area contributed by atoms with Gasteiger partial charge in [0.05, 0.1) is 13.2 Å². The molecule has 0 aliphatic carbocycles. The van der Waals surface area contributed by atoms with E-state index in [4.69, 9.17) is 14.6 Å². The third kappa shape index (κ3) is 4.06. The van der Waals surface area contributed by atoms with Crippen molar-refractivity contribution in [1.29, 1.82) is 0 Å². The Kier molecular flexibility index (Phi) is 6.71. The molecule has 0 aromatic heterocycles. The van der Waals surface area contributed by atoms with E-state index in [9.17, 15) is 15.3 Å². The first-order valence-electron chi connectivity index (χ1n) is 5.61. The molecule has 1 fully saturated rings. The van der Waals surface area contributed by atoms with Crippen LogP contribution in [0, 0.1) is 0 Å². The predicted octanol–water partition coefficient (Wildman–Crippen LogP) is -1.44. The van der Waals surface area contributed by atoms with Crippen LogP contribution in [0.25, 0.3) is 0 Å². The zero-order valence-corrected chi connectivity index (χ0v) is 10.5. The maximum atomic E-state index is 9.63. The Morgan fingerprint density at radius 3 is 2.47 bits per heavy atom. The highest BCUT2D eigenvalue weighted by molar-refractivity contribution is 7.99. The largest absolute Gasteiger partial charge is 0.394 e. The molecule has 0 radical (unpaired) electrons. The van der Waals surface area contributed by atoms with E-state index in [2.05, 4.69) is 0 Å². The molecule has 17 heavy (non-hydrogen) atoms. The normalized spacial score (nSPS) is 38.3. The van der Waals surface area contributed by atoms with Crippen molar-refractivity contribution in [2.24, 2.45) is 0 Å². The molecule has 5 unspecified atom stereocenters. The van der Waals surface area contributed by atoms with E-state index >= 15 is 0 Å². The van der Waals surface area contributed by atoms with Crippen molar-refractivity contribution in [3.8, 4) is 0 Å². The van der Waals surface area contributed by atoms with Crippen molar-refractivity contribution in [2.45, 2.75) is 37.6 Å². The van der Waals surface area contributed by atoms with Crippen molar-refractivity contribution in [1.82, 2.24) is 0 Å². The molecule has 7 heteroatoms. The Hall–Kier alpha value is 0.110. The molecular formula is C10H20O6S. The molecule has 4 N–H and O–H groups in total. The fourth-order valence-electron chi connectivity index (χ4n) is 1.57. The van der Waals surface area contributed by atoms with Gasteiger partial charge in [-0.1, -0.05) is 6.92 Å². The van der Waals surface area contributed by atoms with Gasteiger partial charge in [0.2, 0.25) is 0 Å². The molecule has 0 aromatic carbocycles. The van der Waals surface area contributed by atoms with Gasteiger partial charge >= 0.3 is 0 Å². The predicted molar refractivity (Wildman–Crippen MR) is 62.7 cm³/mol. The van der Waals surface area contributed by atoms with E-state index < -0.39 is 37.3 Å². The van der Waals surface area contributed by atoms with Crippen molar-refractivity contribution < 1.29 is 29.9 Å². The zero-order valence-electron chi connectivity index (χ0n) is 9.73. The van der Waals surface area contributed by atoms with Crippen LogP contribution in [0.3, 0.4) is 0 Å². The van der Waals surface area contributed by atoms with Crippen LogP contribution in [0.5, 0.6) is 0 Å². The molecular weight excluding hydrogens is 248 g/mol. The SMILES string of the molecule is CCSCCOC1OC(CO)C(O)C(O)C1O. The monoisotopic (exact) mass is 268 g/mol. The van der Waals surface area contributed by atoms with Crippen LogP contribution < -0.4 is 0 Å². The molecule has 0 saturated carbocycles. The van der Waals surface area contributed by atoms with Gasteiger partial charge in [0.15, 0.2) is 6.29 Å². The van der Waals surface area contributed by atoms with Gasteiger partial charge in [-0.2, -0.15) is 11.8 Å². The second kappa shape index (κ2) is 7.52. The van der Waals surface area contributed by atoms with Gasteiger partial charge in [-0.15, -0.1) is 0 Å². The summed E-state index contributed by atoms with van der Waals surface area (Å²) >= 11 is 1.68. The highest BCUT2D eigenvalue weighted by Crippen LogP contribution is 2.21. The summed E-state index contributed by atoms with van der Waals surface area (Å²) in [6.07, 6.45) is -5.93. The smallest absolute Gasteiger partial charge is 0.186 e. The zero-order chi connectivity index (χ0) is 12.8. The molecule has 5 atom stereocenters. The van der Waals surface area contributed by atoms with Crippen molar-refractivity contribution >= 4 is 11.8 Å². The number of hydrogen-bond donors (Lipinski definition) is 4. The Labute approximate surface area is 105 Å².